The standard InChI is InChI=1S/C14H22N2O2/c1-11(2)16(10-12-6-3-4-8-15-12)14(17)13-7-5-9-18-13/h5,7,9,11-12,15H,3-4,6,8,10H2,1-2H3. The molecule has 1 aromatic heterocycles. The van der Waals surface area contributed by atoms with Crippen molar-refractivity contribution in [3.8, 4) is 0 Å². The van der Waals surface area contributed by atoms with E-state index in [2.05, 4.69) is 5.32 Å². The Morgan fingerprint density at radius 1 is 1.56 bits per heavy atom. The Morgan fingerprint density at radius 2 is 2.39 bits per heavy atom. The van der Waals surface area contributed by atoms with Gasteiger partial charge in [0, 0.05) is 18.6 Å². The van der Waals surface area contributed by atoms with Gasteiger partial charge in [-0.3, -0.25) is 4.79 Å². The summed E-state index contributed by atoms with van der Waals surface area (Å²) < 4.78 is 5.20. The predicted molar refractivity (Wildman–Crippen MR) is 70.5 cm³/mol. The highest BCUT2D eigenvalue weighted by Gasteiger charge is 2.24. The molecule has 0 radical (unpaired) electrons. The van der Waals surface area contributed by atoms with E-state index in [0.29, 0.717) is 11.8 Å². The van der Waals surface area contributed by atoms with Gasteiger partial charge in [-0.05, 0) is 45.4 Å². The number of piperidine rings is 1. The average Bonchev–Trinajstić information content (AvgIpc) is 2.90. The lowest BCUT2D eigenvalue weighted by atomic mass is 10.0. The summed E-state index contributed by atoms with van der Waals surface area (Å²) in [4.78, 5) is 14.2. The van der Waals surface area contributed by atoms with Crippen LogP contribution in [0.3, 0.4) is 0 Å². The van der Waals surface area contributed by atoms with E-state index in [1.165, 1.54) is 12.8 Å². The van der Waals surface area contributed by atoms with Gasteiger partial charge >= 0.3 is 0 Å². The van der Waals surface area contributed by atoms with Crippen molar-refractivity contribution in [3.05, 3.63) is 24.2 Å². The lowest BCUT2D eigenvalue weighted by Crippen LogP contribution is -2.48. The molecular weight excluding hydrogens is 228 g/mol. The van der Waals surface area contributed by atoms with Crippen LogP contribution in [0.4, 0.5) is 0 Å². The summed E-state index contributed by atoms with van der Waals surface area (Å²) in [6.45, 7) is 5.91. The summed E-state index contributed by atoms with van der Waals surface area (Å²) >= 11 is 0. The summed E-state index contributed by atoms with van der Waals surface area (Å²) in [6.07, 6.45) is 5.18. The minimum Gasteiger partial charge on any atom is -0.459 e. The smallest absolute Gasteiger partial charge is 0.289 e. The van der Waals surface area contributed by atoms with E-state index in [9.17, 15) is 4.79 Å². The molecule has 1 N–H and O–H groups in total. The van der Waals surface area contributed by atoms with Crippen LogP contribution in [0.2, 0.25) is 0 Å². The minimum atomic E-state index is -0.0117. The molecule has 0 aromatic carbocycles. The largest absolute Gasteiger partial charge is 0.459 e. The van der Waals surface area contributed by atoms with Crippen LogP contribution >= 0.6 is 0 Å². The monoisotopic (exact) mass is 250 g/mol. The van der Waals surface area contributed by atoms with Crippen molar-refractivity contribution in [3.63, 3.8) is 0 Å². The predicted octanol–water partition coefficient (Wildman–Crippen LogP) is 2.27. The maximum absolute atomic E-state index is 12.3. The van der Waals surface area contributed by atoms with E-state index in [-0.39, 0.29) is 11.9 Å². The van der Waals surface area contributed by atoms with Gasteiger partial charge in [0.1, 0.15) is 0 Å². The average molecular weight is 250 g/mol. The fourth-order valence-corrected chi connectivity index (χ4v) is 2.39. The highest BCUT2D eigenvalue weighted by molar-refractivity contribution is 5.91. The zero-order valence-electron chi connectivity index (χ0n) is 11.2. The highest BCUT2D eigenvalue weighted by atomic mass is 16.3. The molecule has 1 fully saturated rings. The highest BCUT2D eigenvalue weighted by Crippen LogP contribution is 2.14. The van der Waals surface area contributed by atoms with Gasteiger partial charge < -0.3 is 14.6 Å². The second kappa shape index (κ2) is 6.05. The van der Waals surface area contributed by atoms with E-state index >= 15 is 0 Å². The molecule has 1 atom stereocenters. The van der Waals surface area contributed by atoms with Gasteiger partial charge in [-0.2, -0.15) is 0 Å². The number of amides is 1. The number of hydrogen-bond donors (Lipinski definition) is 1. The van der Waals surface area contributed by atoms with Crippen molar-refractivity contribution in [1.29, 1.82) is 0 Å². The molecule has 1 aliphatic rings. The van der Waals surface area contributed by atoms with Crippen LogP contribution in [0.5, 0.6) is 0 Å². The number of furan rings is 1. The van der Waals surface area contributed by atoms with Crippen molar-refractivity contribution in [2.24, 2.45) is 0 Å². The quantitative estimate of drug-likeness (QED) is 0.891. The molecule has 2 rings (SSSR count). The second-order valence-electron chi connectivity index (χ2n) is 5.18. The molecule has 1 aromatic rings. The van der Waals surface area contributed by atoms with Gasteiger partial charge in [-0.15, -0.1) is 0 Å². The molecule has 4 nitrogen and oxygen atoms in total. The molecular formula is C14H22N2O2. The molecule has 0 aliphatic carbocycles. The van der Waals surface area contributed by atoms with Crippen LogP contribution in [-0.2, 0) is 0 Å². The van der Waals surface area contributed by atoms with Gasteiger partial charge in [-0.25, -0.2) is 0 Å². The van der Waals surface area contributed by atoms with E-state index in [0.717, 1.165) is 19.5 Å². The van der Waals surface area contributed by atoms with Crippen LogP contribution in [0.25, 0.3) is 0 Å². The molecule has 1 amide bonds. The summed E-state index contributed by atoms with van der Waals surface area (Å²) in [5.74, 6) is 0.418. The Bertz CT molecular complexity index is 367. The van der Waals surface area contributed by atoms with Gasteiger partial charge in [0.15, 0.2) is 5.76 Å². The van der Waals surface area contributed by atoms with Gasteiger partial charge in [0.2, 0.25) is 0 Å². The zero-order valence-corrected chi connectivity index (χ0v) is 11.2. The Morgan fingerprint density at radius 3 is 2.94 bits per heavy atom. The summed E-state index contributed by atoms with van der Waals surface area (Å²) in [7, 11) is 0. The molecule has 0 spiro atoms. The van der Waals surface area contributed by atoms with E-state index < -0.39 is 0 Å². The van der Waals surface area contributed by atoms with E-state index in [1.807, 2.05) is 18.7 Å². The fourth-order valence-electron chi connectivity index (χ4n) is 2.39. The zero-order chi connectivity index (χ0) is 13.0. The first-order chi connectivity index (χ1) is 8.68. The molecule has 18 heavy (non-hydrogen) atoms. The molecule has 1 aliphatic heterocycles. The normalized spacial score (nSPS) is 20.1. The number of carbonyl (C=O) groups is 1. The van der Waals surface area contributed by atoms with Crippen LogP contribution in [-0.4, -0.2) is 36.0 Å². The number of hydrogen-bond acceptors (Lipinski definition) is 3. The third kappa shape index (κ3) is 3.13. The Balaban J connectivity index is 2.01. The maximum atomic E-state index is 12.3. The Kier molecular flexibility index (Phi) is 4.42. The Labute approximate surface area is 108 Å². The first kappa shape index (κ1) is 13.1. The summed E-state index contributed by atoms with van der Waals surface area (Å²) in [5, 5.41) is 3.48. The number of rotatable bonds is 4. The SMILES string of the molecule is CC(C)N(CC1CCCCN1)C(=O)c1ccco1. The van der Waals surface area contributed by atoms with Crippen molar-refractivity contribution < 1.29 is 9.21 Å². The number of carbonyl (C=O) groups excluding carboxylic acids is 1. The molecule has 0 bridgehead atoms. The van der Waals surface area contributed by atoms with Crippen molar-refractivity contribution in [1.82, 2.24) is 10.2 Å². The molecule has 4 heteroatoms. The number of nitrogens with zero attached hydrogens (tertiary/aromatic N) is 1. The molecule has 1 unspecified atom stereocenters. The van der Waals surface area contributed by atoms with E-state index in [1.54, 1.807) is 18.4 Å². The topological polar surface area (TPSA) is 45.5 Å². The van der Waals surface area contributed by atoms with Crippen molar-refractivity contribution in [2.75, 3.05) is 13.1 Å². The van der Waals surface area contributed by atoms with Crippen LogP contribution in [0.15, 0.2) is 22.8 Å². The third-order valence-electron chi connectivity index (χ3n) is 3.45. The first-order valence-corrected chi connectivity index (χ1v) is 6.76. The third-order valence-corrected chi connectivity index (χ3v) is 3.45. The molecule has 1 saturated heterocycles. The van der Waals surface area contributed by atoms with Crippen molar-refractivity contribution >= 4 is 5.91 Å². The molecule has 100 valence electrons. The number of nitrogens with one attached hydrogen (secondary N) is 1. The maximum Gasteiger partial charge on any atom is 0.289 e. The van der Waals surface area contributed by atoms with Crippen LogP contribution in [0, 0.1) is 0 Å². The summed E-state index contributed by atoms with van der Waals surface area (Å²) in [6, 6.07) is 4.09. The molecule has 2 heterocycles. The fraction of sp³-hybridized carbons (Fsp3) is 0.643. The summed E-state index contributed by atoms with van der Waals surface area (Å²) in [5.41, 5.74) is 0. The lowest BCUT2D eigenvalue weighted by Gasteiger charge is -2.32. The van der Waals surface area contributed by atoms with Crippen LogP contribution < -0.4 is 5.32 Å². The Hall–Kier alpha value is -1.29. The van der Waals surface area contributed by atoms with E-state index in [4.69, 9.17) is 4.42 Å². The second-order valence-corrected chi connectivity index (χ2v) is 5.18. The van der Waals surface area contributed by atoms with Gasteiger partial charge in [-0.1, -0.05) is 6.42 Å². The van der Waals surface area contributed by atoms with Crippen LogP contribution in [0.1, 0.15) is 43.7 Å². The first-order valence-electron chi connectivity index (χ1n) is 6.76. The minimum absolute atomic E-state index is 0.0117. The van der Waals surface area contributed by atoms with Crippen molar-refractivity contribution in [2.45, 2.75) is 45.2 Å². The van der Waals surface area contributed by atoms with Gasteiger partial charge in [0.25, 0.3) is 5.91 Å². The van der Waals surface area contributed by atoms with Gasteiger partial charge in [0.05, 0.1) is 6.26 Å². The lowest BCUT2D eigenvalue weighted by molar-refractivity contribution is 0.0644. The molecule has 0 saturated carbocycles.